The summed E-state index contributed by atoms with van der Waals surface area (Å²) in [4.78, 5) is 27.7. The van der Waals surface area contributed by atoms with E-state index < -0.39 is 0 Å². The van der Waals surface area contributed by atoms with Gasteiger partial charge in [0.15, 0.2) is 11.5 Å². The molecular weight excluding hydrogens is 438 g/mol. The molecule has 3 atom stereocenters. The Hall–Kier alpha value is -3.30. The Morgan fingerprint density at radius 2 is 1.88 bits per heavy atom. The van der Waals surface area contributed by atoms with E-state index in [0.29, 0.717) is 47.2 Å². The van der Waals surface area contributed by atoms with E-state index in [1.165, 1.54) is 0 Å². The molecule has 9 nitrogen and oxygen atoms in total. The van der Waals surface area contributed by atoms with Crippen LogP contribution in [0.25, 0.3) is 0 Å². The Labute approximate surface area is 199 Å². The highest BCUT2D eigenvalue weighted by atomic mass is 16.7. The molecule has 2 aliphatic heterocycles. The molecule has 2 aliphatic rings. The summed E-state index contributed by atoms with van der Waals surface area (Å²) in [5.41, 5.74) is 1.39. The van der Waals surface area contributed by atoms with Crippen molar-refractivity contribution in [1.82, 2.24) is 10.2 Å². The van der Waals surface area contributed by atoms with Crippen molar-refractivity contribution >= 4 is 17.5 Å². The Bertz CT molecular complexity index is 1060. The van der Waals surface area contributed by atoms with Crippen LogP contribution >= 0.6 is 0 Å². The Morgan fingerprint density at radius 1 is 1.09 bits per heavy atom. The highest BCUT2D eigenvalue weighted by Gasteiger charge is 2.26. The summed E-state index contributed by atoms with van der Waals surface area (Å²) in [6.45, 7) is 5.83. The number of carbonyl (C=O) groups is 2. The van der Waals surface area contributed by atoms with Crippen LogP contribution < -0.4 is 24.8 Å². The number of fused-ring (bicyclic) bond motifs is 2. The van der Waals surface area contributed by atoms with Gasteiger partial charge in [0.2, 0.25) is 6.79 Å². The van der Waals surface area contributed by atoms with Crippen LogP contribution in [0, 0.1) is 5.92 Å². The average molecular weight is 470 g/mol. The molecule has 0 fully saturated rings. The molecule has 9 heteroatoms. The third-order valence-electron chi connectivity index (χ3n) is 6.12. The second-order valence-electron chi connectivity index (χ2n) is 8.79. The van der Waals surface area contributed by atoms with Crippen LogP contribution in [0.3, 0.4) is 0 Å². The molecule has 0 aliphatic carbocycles. The summed E-state index contributed by atoms with van der Waals surface area (Å²) < 4.78 is 22.3. The summed E-state index contributed by atoms with van der Waals surface area (Å²) >= 11 is 0. The van der Waals surface area contributed by atoms with Gasteiger partial charge in [0, 0.05) is 50.6 Å². The van der Waals surface area contributed by atoms with E-state index in [1.807, 2.05) is 6.92 Å². The third kappa shape index (κ3) is 5.26. The van der Waals surface area contributed by atoms with E-state index >= 15 is 0 Å². The van der Waals surface area contributed by atoms with Crippen LogP contribution in [0.4, 0.5) is 5.69 Å². The van der Waals surface area contributed by atoms with E-state index in [4.69, 9.17) is 18.9 Å². The molecule has 2 aromatic rings. The molecule has 0 radical (unpaired) electrons. The number of benzene rings is 2. The van der Waals surface area contributed by atoms with Gasteiger partial charge in [-0.25, -0.2) is 0 Å². The van der Waals surface area contributed by atoms with Crippen LogP contribution in [0.15, 0.2) is 36.4 Å². The molecule has 34 heavy (non-hydrogen) atoms. The monoisotopic (exact) mass is 469 g/mol. The largest absolute Gasteiger partial charge is 0.491 e. The minimum atomic E-state index is -0.304. The van der Waals surface area contributed by atoms with Crippen molar-refractivity contribution < 1.29 is 28.5 Å². The molecular formula is C25H31N3O6. The SMILES string of the molecule is CO[C@H]1CN(C)C(=O)c2ccc(NC(=O)c3ccc4c(c3)OCO4)cc2OC[C@@H](C)NC[C@H]1C. The van der Waals surface area contributed by atoms with Crippen molar-refractivity contribution in [3.8, 4) is 17.2 Å². The van der Waals surface area contributed by atoms with Crippen LogP contribution in [-0.2, 0) is 4.74 Å². The predicted molar refractivity (Wildman–Crippen MR) is 127 cm³/mol. The quantitative estimate of drug-likeness (QED) is 0.713. The number of hydrogen-bond donors (Lipinski definition) is 2. The number of anilines is 1. The Balaban J connectivity index is 1.57. The first kappa shape index (κ1) is 23.8. The summed E-state index contributed by atoms with van der Waals surface area (Å²) in [6, 6.07) is 10.1. The van der Waals surface area contributed by atoms with Gasteiger partial charge in [-0.2, -0.15) is 0 Å². The zero-order chi connectivity index (χ0) is 24.2. The van der Waals surface area contributed by atoms with Gasteiger partial charge < -0.3 is 34.5 Å². The molecule has 0 saturated carbocycles. The maximum absolute atomic E-state index is 13.2. The number of nitrogens with one attached hydrogen (secondary N) is 2. The molecule has 0 bridgehead atoms. The minimum absolute atomic E-state index is 0.0620. The fourth-order valence-corrected chi connectivity index (χ4v) is 3.97. The first-order valence-electron chi connectivity index (χ1n) is 11.3. The number of rotatable bonds is 3. The lowest BCUT2D eigenvalue weighted by atomic mass is 10.0. The fraction of sp³-hybridized carbons (Fsp3) is 0.440. The van der Waals surface area contributed by atoms with Gasteiger partial charge >= 0.3 is 0 Å². The Morgan fingerprint density at radius 3 is 2.68 bits per heavy atom. The van der Waals surface area contributed by atoms with E-state index in [2.05, 4.69) is 17.6 Å². The minimum Gasteiger partial charge on any atom is -0.491 e. The van der Waals surface area contributed by atoms with E-state index in [0.717, 1.165) is 6.54 Å². The number of nitrogens with zero attached hydrogens (tertiary/aromatic N) is 1. The van der Waals surface area contributed by atoms with Crippen molar-refractivity contribution in [2.45, 2.75) is 26.0 Å². The zero-order valence-electron chi connectivity index (χ0n) is 19.9. The van der Waals surface area contributed by atoms with Gasteiger partial charge in [0.05, 0.1) is 11.7 Å². The summed E-state index contributed by atoms with van der Waals surface area (Å²) in [5, 5.41) is 6.33. The molecule has 0 unspecified atom stereocenters. The van der Waals surface area contributed by atoms with Gasteiger partial charge in [-0.15, -0.1) is 0 Å². The normalized spacial score (nSPS) is 22.8. The van der Waals surface area contributed by atoms with Gasteiger partial charge in [0.1, 0.15) is 12.4 Å². The lowest BCUT2D eigenvalue weighted by molar-refractivity contribution is 0.0281. The van der Waals surface area contributed by atoms with Crippen molar-refractivity contribution in [2.24, 2.45) is 5.92 Å². The van der Waals surface area contributed by atoms with Gasteiger partial charge in [-0.1, -0.05) is 6.92 Å². The van der Waals surface area contributed by atoms with Crippen LogP contribution in [0.2, 0.25) is 0 Å². The summed E-state index contributed by atoms with van der Waals surface area (Å²) in [7, 11) is 3.42. The van der Waals surface area contributed by atoms with Crippen molar-refractivity contribution in [2.75, 3.05) is 46.0 Å². The van der Waals surface area contributed by atoms with Crippen molar-refractivity contribution in [3.05, 3.63) is 47.5 Å². The van der Waals surface area contributed by atoms with Crippen LogP contribution in [0.1, 0.15) is 34.6 Å². The highest BCUT2D eigenvalue weighted by molar-refractivity contribution is 6.05. The first-order chi connectivity index (χ1) is 16.4. The summed E-state index contributed by atoms with van der Waals surface area (Å²) in [6.07, 6.45) is -0.0993. The van der Waals surface area contributed by atoms with Crippen molar-refractivity contribution in [3.63, 3.8) is 0 Å². The van der Waals surface area contributed by atoms with Gasteiger partial charge in [-0.05, 0) is 43.2 Å². The lowest BCUT2D eigenvalue weighted by Crippen LogP contribution is -2.44. The molecule has 2 amide bonds. The second kappa shape index (κ2) is 10.3. The van der Waals surface area contributed by atoms with Crippen LogP contribution in [-0.4, -0.2) is 69.5 Å². The smallest absolute Gasteiger partial charge is 0.257 e. The number of likely N-dealkylation sites (N-methyl/N-ethyl adjacent to an activating group) is 1. The maximum atomic E-state index is 13.2. The number of hydrogen-bond acceptors (Lipinski definition) is 7. The number of methoxy groups -OCH3 is 1. The predicted octanol–water partition coefficient (Wildman–Crippen LogP) is 2.76. The third-order valence-corrected chi connectivity index (χ3v) is 6.12. The number of amides is 2. The number of carbonyl (C=O) groups excluding carboxylic acids is 2. The van der Waals surface area contributed by atoms with E-state index in [9.17, 15) is 9.59 Å². The average Bonchev–Trinajstić information content (AvgIpc) is 3.31. The standard InChI is InChI=1S/C25H31N3O6/c1-15-11-26-16(2)13-32-21-10-18(6-7-19(21)25(30)28(3)12-23(15)31-4)27-24(29)17-5-8-20-22(9-17)34-14-33-20/h5-10,15-16,23,26H,11-14H2,1-4H3,(H,27,29)/t15-,16-,23+/m1/s1. The number of ether oxygens (including phenoxy) is 4. The molecule has 2 aromatic carbocycles. The highest BCUT2D eigenvalue weighted by Crippen LogP contribution is 2.33. The molecule has 182 valence electrons. The zero-order valence-corrected chi connectivity index (χ0v) is 19.9. The second-order valence-corrected chi connectivity index (χ2v) is 8.79. The van der Waals surface area contributed by atoms with E-state index in [1.54, 1.807) is 55.5 Å². The van der Waals surface area contributed by atoms with E-state index in [-0.39, 0.29) is 36.7 Å². The van der Waals surface area contributed by atoms with Gasteiger partial charge in [0.25, 0.3) is 11.8 Å². The van der Waals surface area contributed by atoms with Crippen LogP contribution in [0.5, 0.6) is 17.2 Å². The van der Waals surface area contributed by atoms with Crippen molar-refractivity contribution in [1.29, 1.82) is 0 Å². The molecule has 0 spiro atoms. The topological polar surface area (TPSA) is 98.4 Å². The fourth-order valence-electron chi connectivity index (χ4n) is 3.97. The molecule has 2 N–H and O–H groups in total. The maximum Gasteiger partial charge on any atom is 0.257 e. The molecule has 0 saturated heterocycles. The Kier molecular flexibility index (Phi) is 7.23. The molecule has 4 rings (SSSR count). The first-order valence-corrected chi connectivity index (χ1v) is 11.3. The van der Waals surface area contributed by atoms with Gasteiger partial charge in [-0.3, -0.25) is 9.59 Å². The summed E-state index contributed by atoms with van der Waals surface area (Å²) in [5.74, 6) is 1.31. The molecule has 0 aromatic heterocycles. The molecule has 2 heterocycles. The lowest BCUT2D eigenvalue weighted by Gasteiger charge is -2.30.